The van der Waals surface area contributed by atoms with Gasteiger partial charge in [-0.05, 0) is 24.6 Å². The van der Waals surface area contributed by atoms with Gasteiger partial charge in [-0.3, -0.25) is 14.9 Å². The van der Waals surface area contributed by atoms with Gasteiger partial charge >= 0.3 is 0 Å². The molecule has 23 heavy (non-hydrogen) atoms. The Kier molecular flexibility index (Phi) is 4.47. The molecule has 1 N–H and O–H groups in total. The highest BCUT2D eigenvalue weighted by Crippen LogP contribution is 2.18. The Morgan fingerprint density at radius 2 is 2.00 bits per heavy atom. The van der Waals surface area contributed by atoms with Crippen LogP contribution in [0.2, 0.25) is 0 Å². The Hall–Kier alpha value is -2.95. The highest BCUT2D eigenvalue weighted by molar-refractivity contribution is 5.93. The van der Waals surface area contributed by atoms with Crippen molar-refractivity contribution < 1.29 is 4.79 Å². The quantitative estimate of drug-likeness (QED) is 0.787. The lowest BCUT2D eigenvalue weighted by Gasteiger charge is -2.19. The third-order valence-corrected chi connectivity index (χ3v) is 3.64. The van der Waals surface area contributed by atoms with Gasteiger partial charge in [0.15, 0.2) is 0 Å². The van der Waals surface area contributed by atoms with Crippen LogP contribution in [-0.2, 0) is 6.54 Å². The second kappa shape index (κ2) is 6.87. The minimum atomic E-state index is -0.0639. The van der Waals surface area contributed by atoms with Gasteiger partial charge in [0.1, 0.15) is 5.69 Å². The average molecular weight is 306 g/mol. The molecule has 2 heterocycles. The molecule has 0 fully saturated rings. The van der Waals surface area contributed by atoms with Crippen molar-refractivity contribution in [2.45, 2.75) is 13.5 Å². The molecule has 5 nitrogen and oxygen atoms in total. The third kappa shape index (κ3) is 3.45. The number of hydrogen-bond acceptors (Lipinski definition) is 3. The number of amides is 1. The Balaban J connectivity index is 1.78. The minimum absolute atomic E-state index is 0.0639. The molecule has 3 aromatic rings. The molecule has 0 spiro atoms. The van der Waals surface area contributed by atoms with Crippen LogP contribution in [0.15, 0.2) is 60.9 Å². The van der Waals surface area contributed by atoms with E-state index in [1.165, 1.54) is 0 Å². The van der Waals surface area contributed by atoms with Gasteiger partial charge in [0.2, 0.25) is 0 Å². The first kappa shape index (κ1) is 15.0. The van der Waals surface area contributed by atoms with Gasteiger partial charge in [-0.1, -0.05) is 36.4 Å². The fraction of sp³-hybridized carbons (Fsp3) is 0.167. The lowest BCUT2D eigenvalue weighted by atomic mass is 10.1. The average Bonchev–Trinajstić information content (AvgIpc) is 3.11. The van der Waals surface area contributed by atoms with Crippen molar-refractivity contribution in [1.29, 1.82) is 0 Å². The van der Waals surface area contributed by atoms with Crippen molar-refractivity contribution >= 4 is 5.91 Å². The van der Waals surface area contributed by atoms with Crippen LogP contribution in [0.3, 0.4) is 0 Å². The van der Waals surface area contributed by atoms with E-state index >= 15 is 0 Å². The first-order valence-corrected chi connectivity index (χ1v) is 7.57. The molecule has 1 aromatic carbocycles. The number of rotatable bonds is 5. The summed E-state index contributed by atoms with van der Waals surface area (Å²) in [4.78, 5) is 18.5. The largest absolute Gasteiger partial charge is 0.333 e. The lowest BCUT2D eigenvalue weighted by molar-refractivity contribution is 0.0746. The molecule has 0 aliphatic rings. The second-order valence-corrected chi connectivity index (χ2v) is 5.21. The van der Waals surface area contributed by atoms with Crippen LogP contribution in [0.5, 0.6) is 0 Å². The van der Waals surface area contributed by atoms with Gasteiger partial charge in [-0.15, -0.1) is 0 Å². The molecule has 116 valence electrons. The first-order chi connectivity index (χ1) is 11.3. The fourth-order valence-corrected chi connectivity index (χ4v) is 2.40. The van der Waals surface area contributed by atoms with E-state index in [2.05, 4.69) is 15.2 Å². The first-order valence-electron chi connectivity index (χ1n) is 7.57. The lowest BCUT2D eigenvalue weighted by Crippen LogP contribution is -2.30. The molecule has 0 saturated heterocycles. The number of nitrogens with one attached hydrogen (secondary N) is 1. The summed E-state index contributed by atoms with van der Waals surface area (Å²) >= 11 is 0. The number of aromatic nitrogens is 3. The Morgan fingerprint density at radius 3 is 2.70 bits per heavy atom. The zero-order chi connectivity index (χ0) is 16.1. The van der Waals surface area contributed by atoms with E-state index in [1.807, 2.05) is 49.4 Å². The molecule has 0 unspecified atom stereocenters. The molecule has 5 heteroatoms. The molecule has 0 aliphatic carbocycles. The summed E-state index contributed by atoms with van der Waals surface area (Å²) in [5, 5.41) is 7.09. The number of aromatic amines is 1. The highest BCUT2D eigenvalue weighted by Gasteiger charge is 2.17. The molecule has 0 saturated carbocycles. The van der Waals surface area contributed by atoms with E-state index < -0.39 is 0 Å². The Morgan fingerprint density at radius 1 is 1.17 bits per heavy atom. The number of hydrogen-bond donors (Lipinski definition) is 1. The normalized spacial score (nSPS) is 10.5. The van der Waals surface area contributed by atoms with Crippen LogP contribution in [0.25, 0.3) is 11.3 Å². The summed E-state index contributed by atoms with van der Waals surface area (Å²) in [5.41, 5.74) is 3.25. The van der Waals surface area contributed by atoms with E-state index in [9.17, 15) is 4.79 Å². The van der Waals surface area contributed by atoms with E-state index in [4.69, 9.17) is 0 Å². The SMILES string of the molecule is CCN(Cc1cccnc1)C(=O)c1cc(-c2ccccc2)n[nH]1. The number of carbonyl (C=O) groups is 1. The fourth-order valence-electron chi connectivity index (χ4n) is 2.40. The summed E-state index contributed by atoms with van der Waals surface area (Å²) in [7, 11) is 0. The van der Waals surface area contributed by atoms with Crippen LogP contribution in [0, 0.1) is 0 Å². The van der Waals surface area contributed by atoms with Crippen molar-refractivity contribution in [3.8, 4) is 11.3 Å². The predicted molar refractivity (Wildman–Crippen MR) is 88.7 cm³/mol. The van der Waals surface area contributed by atoms with Gasteiger partial charge in [-0.2, -0.15) is 5.10 Å². The predicted octanol–water partition coefficient (Wildman–Crippen LogP) is 3.13. The highest BCUT2D eigenvalue weighted by atomic mass is 16.2. The van der Waals surface area contributed by atoms with E-state index in [0.717, 1.165) is 16.8 Å². The molecule has 3 rings (SSSR count). The van der Waals surface area contributed by atoms with Crippen LogP contribution in [0.4, 0.5) is 0 Å². The number of pyridine rings is 1. The third-order valence-electron chi connectivity index (χ3n) is 3.64. The van der Waals surface area contributed by atoms with Crippen molar-refractivity contribution in [2.75, 3.05) is 6.54 Å². The van der Waals surface area contributed by atoms with E-state index in [-0.39, 0.29) is 5.91 Å². The van der Waals surface area contributed by atoms with Crippen molar-refractivity contribution in [3.05, 3.63) is 72.2 Å². The van der Waals surface area contributed by atoms with Crippen molar-refractivity contribution in [1.82, 2.24) is 20.1 Å². The smallest absolute Gasteiger partial charge is 0.272 e. The summed E-state index contributed by atoms with van der Waals surface area (Å²) in [6.07, 6.45) is 3.50. The second-order valence-electron chi connectivity index (χ2n) is 5.21. The van der Waals surface area contributed by atoms with E-state index in [1.54, 1.807) is 23.4 Å². The molecule has 0 atom stereocenters. The Labute approximate surface area is 135 Å². The zero-order valence-corrected chi connectivity index (χ0v) is 12.9. The summed E-state index contributed by atoms with van der Waals surface area (Å²) < 4.78 is 0. The van der Waals surface area contributed by atoms with Gasteiger partial charge in [0, 0.05) is 31.0 Å². The maximum Gasteiger partial charge on any atom is 0.272 e. The number of H-pyrrole nitrogens is 1. The van der Waals surface area contributed by atoms with Crippen molar-refractivity contribution in [3.63, 3.8) is 0 Å². The van der Waals surface area contributed by atoms with Crippen LogP contribution < -0.4 is 0 Å². The van der Waals surface area contributed by atoms with Crippen LogP contribution in [-0.4, -0.2) is 32.5 Å². The van der Waals surface area contributed by atoms with Crippen LogP contribution in [0.1, 0.15) is 23.0 Å². The molecular weight excluding hydrogens is 288 g/mol. The van der Waals surface area contributed by atoms with Crippen LogP contribution >= 0.6 is 0 Å². The molecule has 1 amide bonds. The number of nitrogens with zero attached hydrogens (tertiary/aromatic N) is 3. The maximum absolute atomic E-state index is 12.7. The van der Waals surface area contributed by atoms with Gasteiger partial charge in [0.05, 0.1) is 5.69 Å². The number of carbonyl (C=O) groups excluding carboxylic acids is 1. The molecular formula is C18H18N4O. The molecule has 0 radical (unpaired) electrons. The molecule has 2 aromatic heterocycles. The Bertz CT molecular complexity index is 768. The number of benzene rings is 1. The maximum atomic E-state index is 12.7. The molecule has 0 bridgehead atoms. The van der Waals surface area contributed by atoms with Gasteiger partial charge < -0.3 is 4.90 Å². The molecule has 0 aliphatic heterocycles. The van der Waals surface area contributed by atoms with Gasteiger partial charge in [0.25, 0.3) is 5.91 Å². The summed E-state index contributed by atoms with van der Waals surface area (Å²) in [6.45, 7) is 3.11. The van der Waals surface area contributed by atoms with E-state index in [0.29, 0.717) is 18.8 Å². The monoisotopic (exact) mass is 306 g/mol. The summed E-state index contributed by atoms with van der Waals surface area (Å²) in [5.74, 6) is -0.0639. The standard InChI is InChI=1S/C18H18N4O/c1-2-22(13-14-7-6-10-19-12-14)18(23)17-11-16(20-21-17)15-8-4-3-5-9-15/h3-12H,2,13H2,1H3,(H,20,21). The summed E-state index contributed by atoms with van der Waals surface area (Å²) in [6, 6.07) is 15.4. The zero-order valence-electron chi connectivity index (χ0n) is 12.9. The minimum Gasteiger partial charge on any atom is -0.333 e. The topological polar surface area (TPSA) is 61.9 Å². The van der Waals surface area contributed by atoms with Gasteiger partial charge in [-0.25, -0.2) is 0 Å². The van der Waals surface area contributed by atoms with Crippen molar-refractivity contribution in [2.24, 2.45) is 0 Å².